The molecule has 0 aliphatic rings. The molecule has 0 bridgehead atoms. The van der Waals surface area contributed by atoms with Crippen LogP contribution in [-0.2, 0) is 4.79 Å². The van der Waals surface area contributed by atoms with Gasteiger partial charge in [-0.05, 0) is 30.5 Å². The summed E-state index contributed by atoms with van der Waals surface area (Å²) >= 11 is 13.0. The average molecular weight is 427 g/mol. The fraction of sp³-hybridized carbons (Fsp3) is 0.0588. The van der Waals surface area contributed by atoms with Gasteiger partial charge in [0.2, 0.25) is 0 Å². The summed E-state index contributed by atoms with van der Waals surface area (Å²) in [6, 6.07) is 14.8. The number of hydrogen-bond donors (Lipinski definition) is 4. The number of nitrogens with one attached hydrogen (secondary N) is 2. The van der Waals surface area contributed by atoms with Crippen LogP contribution >= 0.6 is 35.0 Å². The van der Waals surface area contributed by atoms with Crippen molar-refractivity contribution in [2.24, 2.45) is 11.7 Å². The zero-order chi connectivity index (χ0) is 20.7. The lowest BCUT2D eigenvalue weighted by molar-refractivity contribution is -0.0979. The van der Waals surface area contributed by atoms with Crippen LogP contribution in [0.5, 0.6) is 0 Å². The van der Waals surface area contributed by atoms with Crippen LogP contribution in [0.25, 0.3) is 11.4 Å². The molecule has 10 heteroatoms. The Labute approximate surface area is 172 Å². The van der Waals surface area contributed by atoms with Gasteiger partial charge in [-0.25, -0.2) is 4.98 Å². The van der Waals surface area contributed by atoms with Gasteiger partial charge in [0.25, 0.3) is 0 Å². The molecule has 0 aliphatic carbocycles. The summed E-state index contributed by atoms with van der Waals surface area (Å²) < 4.78 is 0. The van der Waals surface area contributed by atoms with Crippen LogP contribution in [0.3, 0.4) is 0 Å². The average Bonchev–Trinajstić information content (AvgIpc) is 3.26. The lowest BCUT2D eigenvalue weighted by Crippen LogP contribution is -2.02. The summed E-state index contributed by atoms with van der Waals surface area (Å²) in [6.45, 7) is 2.00. The summed E-state index contributed by atoms with van der Waals surface area (Å²) in [5.74, 6) is 8.73. The summed E-state index contributed by atoms with van der Waals surface area (Å²) in [7, 11) is 0. The Hall–Kier alpha value is -2.23. The number of hydrazine groups is 1. The van der Waals surface area contributed by atoms with Gasteiger partial charge in [-0.3, -0.25) is 22.2 Å². The molecule has 6 N–H and O–H groups in total. The Bertz CT molecular complexity index is 802. The predicted molar refractivity (Wildman–Crippen MR) is 114 cm³/mol. The van der Waals surface area contributed by atoms with E-state index in [0.717, 1.165) is 17.0 Å². The number of carbonyl (C=O) groups is 1. The number of carbonyl (C=O) groups excluding carboxylic acids is 1. The molecule has 1 heterocycles. The standard InChI is InChI=1S/C8H6ClN3.C8H8ClNS.CH2O.H4N2/c9-7-3-1-2-6(4-7)8-10-5-11-12-8;1-11-8(10)6-3-2-4-7(9)5-6;2*1-2/h1-5H,(H,10,11,12);2-5,10H,1H3;1H2;1-2H2. The maximum Gasteiger partial charge on any atom is 0.155 e. The molecule has 27 heavy (non-hydrogen) atoms. The molecule has 0 aliphatic heterocycles. The van der Waals surface area contributed by atoms with Crippen molar-refractivity contribution in [2.75, 3.05) is 6.26 Å². The van der Waals surface area contributed by atoms with Crippen LogP contribution in [0.2, 0.25) is 10.0 Å². The van der Waals surface area contributed by atoms with Gasteiger partial charge in [0.1, 0.15) is 13.1 Å². The predicted octanol–water partition coefficient (Wildman–Crippen LogP) is 3.79. The molecular weight excluding hydrogens is 407 g/mol. The maximum atomic E-state index is 8.00. The number of H-pyrrole nitrogens is 1. The van der Waals surface area contributed by atoms with E-state index in [9.17, 15) is 0 Å². The van der Waals surface area contributed by atoms with Gasteiger partial charge in [0, 0.05) is 21.2 Å². The first kappa shape index (κ1) is 24.8. The van der Waals surface area contributed by atoms with Gasteiger partial charge < -0.3 is 4.79 Å². The summed E-state index contributed by atoms with van der Waals surface area (Å²) in [6.07, 6.45) is 3.35. The van der Waals surface area contributed by atoms with E-state index in [0.29, 0.717) is 15.1 Å². The molecular formula is C17H20Cl2N6OS. The number of halogens is 2. The second-order valence-corrected chi connectivity index (χ2v) is 6.08. The van der Waals surface area contributed by atoms with Crippen molar-refractivity contribution < 1.29 is 4.79 Å². The van der Waals surface area contributed by atoms with Gasteiger partial charge in [-0.1, -0.05) is 47.5 Å². The van der Waals surface area contributed by atoms with Crippen molar-refractivity contribution in [3.63, 3.8) is 0 Å². The summed E-state index contributed by atoms with van der Waals surface area (Å²) in [5.41, 5.74) is 1.82. The van der Waals surface area contributed by atoms with Crippen LogP contribution in [-0.4, -0.2) is 33.3 Å². The zero-order valence-electron chi connectivity index (χ0n) is 14.5. The van der Waals surface area contributed by atoms with Gasteiger partial charge in [-0.2, -0.15) is 5.10 Å². The first-order valence-corrected chi connectivity index (χ1v) is 9.20. The normalized spacial score (nSPS) is 8.78. The molecule has 0 saturated heterocycles. The molecule has 0 fully saturated rings. The minimum absolute atomic E-state index is 0.549. The Kier molecular flexibility index (Phi) is 13.7. The Balaban J connectivity index is 0.000000425. The summed E-state index contributed by atoms with van der Waals surface area (Å²) in [4.78, 5) is 12.0. The van der Waals surface area contributed by atoms with Gasteiger partial charge in [-0.15, -0.1) is 11.8 Å². The van der Waals surface area contributed by atoms with E-state index in [1.54, 1.807) is 12.1 Å². The number of nitrogens with two attached hydrogens (primary N) is 2. The van der Waals surface area contributed by atoms with E-state index in [2.05, 4.69) is 26.9 Å². The van der Waals surface area contributed by atoms with Crippen molar-refractivity contribution in [1.29, 1.82) is 5.41 Å². The summed E-state index contributed by atoms with van der Waals surface area (Å²) in [5, 5.41) is 15.9. The number of hydrogen-bond acceptors (Lipinski definition) is 7. The number of benzene rings is 2. The molecule has 0 amide bonds. The van der Waals surface area contributed by atoms with Crippen LogP contribution < -0.4 is 11.7 Å². The first-order valence-electron chi connectivity index (χ1n) is 7.22. The number of aromatic nitrogens is 3. The van der Waals surface area contributed by atoms with E-state index < -0.39 is 0 Å². The van der Waals surface area contributed by atoms with E-state index in [-0.39, 0.29) is 0 Å². The lowest BCUT2D eigenvalue weighted by atomic mass is 10.2. The molecule has 1 aromatic heterocycles. The molecule has 2 aromatic carbocycles. The Morgan fingerprint density at radius 2 is 1.70 bits per heavy atom. The fourth-order valence-electron chi connectivity index (χ4n) is 1.73. The number of aromatic amines is 1. The van der Waals surface area contributed by atoms with Gasteiger partial charge >= 0.3 is 0 Å². The lowest BCUT2D eigenvalue weighted by Gasteiger charge is -1.99. The number of thioether (sulfide) groups is 1. The minimum atomic E-state index is 0.549. The topological polar surface area (TPSA) is 135 Å². The quantitative estimate of drug-likeness (QED) is 0.213. The first-order chi connectivity index (χ1) is 13.1. The van der Waals surface area contributed by atoms with E-state index in [1.807, 2.05) is 49.4 Å². The fourth-order valence-corrected chi connectivity index (χ4v) is 2.47. The van der Waals surface area contributed by atoms with Crippen molar-refractivity contribution in [3.05, 3.63) is 70.5 Å². The molecule has 3 aromatic rings. The van der Waals surface area contributed by atoms with Crippen LogP contribution in [0, 0.1) is 5.41 Å². The molecule has 3 rings (SSSR count). The van der Waals surface area contributed by atoms with Crippen molar-refractivity contribution in [1.82, 2.24) is 15.2 Å². The second kappa shape index (κ2) is 14.9. The molecule has 0 atom stereocenters. The van der Waals surface area contributed by atoms with Gasteiger partial charge in [0.05, 0.1) is 5.04 Å². The van der Waals surface area contributed by atoms with E-state index >= 15 is 0 Å². The van der Waals surface area contributed by atoms with E-state index in [4.69, 9.17) is 33.4 Å². The molecule has 144 valence electrons. The van der Waals surface area contributed by atoms with Crippen molar-refractivity contribution in [3.8, 4) is 11.4 Å². The largest absolute Gasteiger partial charge is 0.307 e. The third-order valence-electron chi connectivity index (χ3n) is 2.80. The highest BCUT2D eigenvalue weighted by Crippen LogP contribution is 2.18. The maximum absolute atomic E-state index is 8.00. The third-order valence-corrected chi connectivity index (χ3v) is 3.92. The van der Waals surface area contributed by atoms with Gasteiger partial charge in [0.15, 0.2) is 5.82 Å². The number of rotatable bonds is 2. The smallest absolute Gasteiger partial charge is 0.155 e. The molecule has 0 spiro atoms. The molecule has 0 saturated carbocycles. The van der Waals surface area contributed by atoms with Crippen molar-refractivity contribution >= 4 is 46.8 Å². The van der Waals surface area contributed by atoms with Crippen molar-refractivity contribution in [2.45, 2.75) is 0 Å². The molecule has 0 unspecified atom stereocenters. The van der Waals surface area contributed by atoms with E-state index in [1.165, 1.54) is 18.1 Å². The Morgan fingerprint density at radius 3 is 2.19 bits per heavy atom. The second-order valence-electron chi connectivity index (χ2n) is 4.39. The Morgan fingerprint density at radius 1 is 1.11 bits per heavy atom. The van der Waals surface area contributed by atoms with Crippen LogP contribution in [0.1, 0.15) is 5.56 Å². The monoisotopic (exact) mass is 426 g/mol. The molecule has 7 nitrogen and oxygen atoms in total. The zero-order valence-corrected chi connectivity index (χ0v) is 16.9. The highest BCUT2D eigenvalue weighted by Gasteiger charge is 1.99. The number of nitrogens with zero attached hydrogens (tertiary/aromatic N) is 2. The minimum Gasteiger partial charge on any atom is -0.307 e. The SMILES string of the molecule is C=O.CSC(=N)c1cccc(Cl)c1.Clc1cccc(-c2ncn[nH]2)c1.NN. The van der Waals surface area contributed by atoms with Crippen LogP contribution in [0.15, 0.2) is 54.9 Å². The highest BCUT2D eigenvalue weighted by atomic mass is 35.5. The van der Waals surface area contributed by atoms with Crippen LogP contribution in [0.4, 0.5) is 0 Å². The third kappa shape index (κ3) is 9.32. The highest BCUT2D eigenvalue weighted by molar-refractivity contribution is 8.13. The molecule has 0 radical (unpaired) electrons.